The number of nitrogens with zero attached hydrogens (tertiary/aromatic N) is 2. The lowest BCUT2D eigenvalue weighted by Gasteiger charge is -2.03. The zero-order valence-electron chi connectivity index (χ0n) is 15.4. The first kappa shape index (κ1) is 18.6. The van der Waals surface area contributed by atoms with Crippen molar-refractivity contribution in [2.24, 2.45) is 0 Å². The maximum atomic E-state index is 5.20. The summed E-state index contributed by atoms with van der Waals surface area (Å²) < 4.78 is 9.84. The number of rotatable bonds is 12. The van der Waals surface area contributed by atoms with Gasteiger partial charge in [-0.25, -0.2) is 9.13 Å². The van der Waals surface area contributed by atoms with E-state index in [2.05, 4.69) is 46.9 Å². The van der Waals surface area contributed by atoms with Crippen LogP contribution in [-0.2, 0) is 19.5 Å². The van der Waals surface area contributed by atoms with Gasteiger partial charge in [-0.1, -0.05) is 38.3 Å². The molecule has 0 atom stereocenters. The van der Waals surface area contributed by atoms with Gasteiger partial charge >= 0.3 is 0 Å². The summed E-state index contributed by atoms with van der Waals surface area (Å²) in [6.45, 7) is 4.53. The standard InChI is InChI=1S/C21H33N2O/c1-3-4-5-6-8-15-22-17-18-23(19-22)16-9-7-10-20-11-13-21(24-2)14-12-20/h11-14,17-19H,3-10,15-16H2,1-2H3/q+1. The second-order valence-electron chi connectivity index (χ2n) is 6.61. The van der Waals surface area contributed by atoms with E-state index < -0.39 is 0 Å². The van der Waals surface area contributed by atoms with Crippen LogP contribution in [0.1, 0.15) is 57.4 Å². The number of ether oxygens (including phenoxy) is 1. The van der Waals surface area contributed by atoms with Gasteiger partial charge in [0.05, 0.1) is 20.2 Å². The largest absolute Gasteiger partial charge is 0.497 e. The van der Waals surface area contributed by atoms with Crippen LogP contribution in [0.5, 0.6) is 5.75 Å². The molecule has 0 radical (unpaired) electrons. The van der Waals surface area contributed by atoms with Gasteiger partial charge < -0.3 is 4.74 Å². The van der Waals surface area contributed by atoms with Crippen LogP contribution in [0.15, 0.2) is 43.0 Å². The molecule has 0 bridgehead atoms. The molecule has 0 amide bonds. The Morgan fingerprint density at radius 1 is 0.958 bits per heavy atom. The minimum Gasteiger partial charge on any atom is -0.497 e. The molecule has 0 fully saturated rings. The Balaban J connectivity index is 1.60. The van der Waals surface area contributed by atoms with E-state index in [-0.39, 0.29) is 0 Å². The van der Waals surface area contributed by atoms with Gasteiger partial charge in [0.2, 0.25) is 6.33 Å². The zero-order chi connectivity index (χ0) is 17.0. The highest BCUT2D eigenvalue weighted by Crippen LogP contribution is 2.13. The van der Waals surface area contributed by atoms with Crippen molar-refractivity contribution in [3.05, 3.63) is 48.5 Å². The molecule has 0 saturated carbocycles. The lowest BCUT2D eigenvalue weighted by atomic mass is 10.1. The summed E-state index contributed by atoms with van der Waals surface area (Å²) in [6.07, 6.45) is 17.0. The number of hydrogen-bond acceptors (Lipinski definition) is 1. The molecule has 0 aliphatic rings. The molecule has 1 aromatic heterocycles. The van der Waals surface area contributed by atoms with Crippen LogP contribution >= 0.6 is 0 Å². The van der Waals surface area contributed by atoms with Crippen LogP contribution < -0.4 is 9.30 Å². The first-order valence-electron chi connectivity index (χ1n) is 9.49. The Labute approximate surface area is 147 Å². The van der Waals surface area contributed by atoms with Gasteiger partial charge in [-0.15, -0.1) is 0 Å². The number of hydrogen-bond donors (Lipinski definition) is 0. The molecule has 132 valence electrons. The first-order valence-corrected chi connectivity index (χ1v) is 9.49. The summed E-state index contributed by atoms with van der Waals surface area (Å²) in [7, 11) is 1.71. The van der Waals surface area contributed by atoms with Gasteiger partial charge in [-0.2, -0.15) is 0 Å². The summed E-state index contributed by atoms with van der Waals surface area (Å²) in [5.41, 5.74) is 1.39. The van der Waals surface area contributed by atoms with Crippen molar-refractivity contribution in [1.29, 1.82) is 0 Å². The fraction of sp³-hybridized carbons (Fsp3) is 0.571. The maximum absolute atomic E-state index is 5.20. The molecule has 1 heterocycles. The molecule has 0 aliphatic carbocycles. The molecule has 1 aromatic carbocycles. The molecule has 24 heavy (non-hydrogen) atoms. The number of aromatic nitrogens is 2. The predicted molar refractivity (Wildman–Crippen MR) is 99.3 cm³/mol. The van der Waals surface area contributed by atoms with Crippen LogP contribution in [0.25, 0.3) is 0 Å². The Kier molecular flexibility index (Phi) is 8.43. The summed E-state index contributed by atoms with van der Waals surface area (Å²) in [4.78, 5) is 0. The summed E-state index contributed by atoms with van der Waals surface area (Å²) in [5, 5.41) is 0. The molecular weight excluding hydrogens is 296 g/mol. The second-order valence-corrected chi connectivity index (χ2v) is 6.61. The monoisotopic (exact) mass is 329 g/mol. The van der Waals surface area contributed by atoms with Gasteiger partial charge in [0.25, 0.3) is 0 Å². The van der Waals surface area contributed by atoms with Crippen LogP contribution in [0.2, 0.25) is 0 Å². The molecule has 0 N–H and O–H groups in total. The van der Waals surface area contributed by atoms with E-state index in [0.29, 0.717) is 0 Å². The number of aryl methyl sites for hydroxylation is 3. The van der Waals surface area contributed by atoms with Crippen molar-refractivity contribution in [2.45, 2.75) is 71.4 Å². The van der Waals surface area contributed by atoms with Crippen molar-refractivity contribution >= 4 is 0 Å². The van der Waals surface area contributed by atoms with Crippen LogP contribution in [0, 0.1) is 0 Å². The molecule has 0 saturated heterocycles. The van der Waals surface area contributed by atoms with E-state index >= 15 is 0 Å². The molecule has 2 aromatic rings. The average molecular weight is 330 g/mol. The van der Waals surface area contributed by atoms with Gasteiger partial charge in [0.1, 0.15) is 18.1 Å². The molecule has 3 nitrogen and oxygen atoms in total. The second kappa shape index (κ2) is 10.9. The van der Waals surface area contributed by atoms with Crippen molar-refractivity contribution in [3.63, 3.8) is 0 Å². The van der Waals surface area contributed by atoms with Crippen LogP contribution in [0.3, 0.4) is 0 Å². The maximum Gasteiger partial charge on any atom is 0.243 e. The number of imidazole rings is 1. The van der Waals surface area contributed by atoms with E-state index in [4.69, 9.17) is 4.74 Å². The van der Waals surface area contributed by atoms with Crippen molar-refractivity contribution in [2.75, 3.05) is 7.11 Å². The van der Waals surface area contributed by atoms with Gasteiger partial charge in [0.15, 0.2) is 0 Å². The molecule has 3 heteroatoms. The number of unbranched alkanes of at least 4 members (excludes halogenated alkanes) is 5. The van der Waals surface area contributed by atoms with Crippen LogP contribution in [0.4, 0.5) is 0 Å². The molecular formula is C21H33N2O+. The number of benzene rings is 1. The highest BCUT2D eigenvalue weighted by Gasteiger charge is 2.03. The Hall–Kier alpha value is -1.77. The molecule has 2 rings (SSSR count). The summed E-state index contributed by atoms with van der Waals surface area (Å²) in [5.74, 6) is 0.935. The minimum absolute atomic E-state index is 0.935. The van der Waals surface area contributed by atoms with Gasteiger partial charge in [-0.05, 0) is 49.8 Å². The lowest BCUT2D eigenvalue weighted by Crippen LogP contribution is -2.30. The average Bonchev–Trinajstić information content (AvgIpc) is 3.07. The third kappa shape index (κ3) is 6.77. The fourth-order valence-electron chi connectivity index (χ4n) is 3.02. The highest BCUT2D eigenvalue weighted by atomic mass is 16.5. The molecule has 0 aliphatic heterocycles. The first-order chi connectivity index (χ1) is 11.8. The highest BCUT2D eigenvalue weighted by molar-refractivity contribution is 5.27. The molecule has 0 spiro atoms. The van der Waals surface area contributed by atoms with E-state index in [9.17, 15) is 0 Å². The summed E-state index contributed by atoms with van der Waals surface area (Å²) in [6, 6.07) is 8.43. The summed E-state index contributed by atoms with van der Waals surface area (Å²) >= 11 is 0. The zero-order valence-corrected chi connectivity index (χ0v) is 15.4. The van der Waals surface area contributed by atoms with Crippen molar-refractivity contribution in [1.82, 2.24) is 4.57 Å². The van der Waals surface area contributed by atoms with E-state index in [1.165, 1.54) is 50.5 Å². The third-order valence-corrected chi connectivity index (χ3v) is 4.56. The smallest absolute Gasteiger partial charge is 0.243 e. The van der Waals surface area contributed by atoms with E-state index in [0.717, 1.165) is 25.3 Å². The lowest BCUT2D eigenvalue weighted by molar-refractivity contribution is -0.696. The fourth-order valence-corrected chi connectivity index (χ4v) is 3.02. The van der Waals surface area contributed by atoms with Crippen molar-refractivity contribution < 1.29 is 9.30 Å². The SMILES string of the molecule is CCCCCCC[n+]1ccn(CCCCc2ccc(OC)cc2)c1. The van der Waals surface area contributed by atoms with Gasteiger partial charge in [0, 0.05) is 0 Å². The topological polar surface area (TPSA) is 18.0 Å². The third-order valence-electron chi connectivity index (χ3n) is 4.56. The van der Waals surface area contributed by atoms with Crippen molar-refractivity contribution in [3.8, 4) is 5.75 Å². The predicted octanol–water partition coefficient (Wildman–Crippen LogP) is 4.78. The van der Waals surface area contributed by atoms with Gasteiger partial charge in [-0.3, -0.25) is 0 Å². The van der Waals surface area contributed by atoms with E-state index in [1.54, 1.807) is 7.11 Å². The van der Waals surface area contributed by atoms with E-state index in [1.807, 2.05) is 12.1 Å². The van der Waals surface area contributed by atoms with Crippen LogP contribution in [-0.4, -0.2) is 11.7 Å². The Bertz CT molecular complexity index is 559. The quantitative estimate of drug-likeness (QED) is 0.405. The Morgan fingerprint density at radius 2 is 1.75 bits per heavy atom. The molecule has 0 unspecified atom stereocenters. The normalized spacial score (nSPS) is 10.9. The minimum atomic E-state index is 0.935. The number of methoxy groups -OCH3 is 1. The Morgan fingerprint density at radius 3 is 2.50 bits per heavy atom.